The van der Waals surface area contributed by atoms with E-state index in [-0.39, 0.29) is 10.3 Å². The van der Waals surface area contributed by atoms with Gasteiger partial charge in [0.15, 0.2) is 0 Å². The molecule has 0 aliphatic heterocycles. The first-order chi connectivity index (χ1) is 8.02. The number of nitrogens with zero attached hydrogens (tertiary/aromatic N) is 2. The topological polar surface area (TPSA) is 53.2 Å². The average molecular weight is 250 g/mol. The van der Waals surface area contributed by atoms with Crippen LogP contribution in [0.2, 0.25) is 0 Å². The Morgan fingerprint density at radius 1 is 1.35 bits per heavy atom. The Balaban J connectivity index is 2.95. The molecule has 0 saturated heterocycles. The summed E-state index contributed by atoms with van der Waals surface area (Å²) in [6.45, 7) is 1.28. The number of hydrogen-bond acceptors (Lipinski definition) is 4. The molecule has 17 heavy (non-hydrogen) atoms. The first-order valence-corrected chi connectivity index (χ1v) is 5.33. The van der Waals surface area contributed by atoms with Crippen molar-refractivity contribution in [3.8, 4) is 0 Å². The van der Waals surface area contributed by atoms with Crippen LogP contribution >= 0.6 is 12.2 Å². The molecule has 0 aliphatic carbocycles. The first-order valence-electron chi connectivity index (χ1n) is 4.92. The Labute approximate surface area is 102 Å². The standard InChI is InChI=1S/C11H10N2O3S/c1-7(14)16-13-9-6-4-3-5-8(9)10(15)12(2)11(13)17/h3-6H,1-2H3. The SMILES string of the molecule is CC(=O)On1c(=S)n(C)c(=O)c2ccccc21. The van der Waals surface area contributed by atoms with E-state index in [0.29, 0.717) is 10.9 Å². The Kier molecular flexibility index (Phi) is 2.81. The highest BCUT2D eigenvalue weighted by atomic mass is 32.1. The van der Waals surface area contributed by atoms with Crippen LogP contribution < -0.4 is 10.4 Å². The Bertz CT molecular complexity index is 715. The third-order valence-electron chi connectivity index (χ3n) is 2.34. The molecule has 0 fully saturated rings. The van der Waals surface area contributed by atoms with Gasteiger partial charge in [0, 0.05) is 14.0 Å². The predicted octanol–water partition coefficient (Wildman–Crippen LogP) is 1.04. The summed E-state index contributed by atoms with van der Waals surface area (Å²) in [5, 5.41) is 0.449. The molecular formula is C11H10N2O3S. The zero-order valence-corrected chi connectivity index (χ0v) is 10.2. The van der Waals surface area contributed by atoms with Crippen LogP contribution in [0.1, 0.15) is 6.92 Å². The van der Waals surface area contributed by atoms with Gasteiger partial charge in [-0.05, 0) is 24.4 Å². The maximum Gasteiger partial charge on any atom is 0.329 e. The average Bonchev–Trinajstić information content (AvgIpc) is 2.31. The first kappa shape index (κ1) is 11.5. The van der Waals surface area contributed by atoms with Gasteiger partial charge in [-0.1, -0.05) is 12.1 Å². The largest absolute Gasteiger partial charge is 0.334 e. The summed E-state index contributed by atoms with van der Waals surface area (Å²) in [7, 11) is 1.54. The Morgan fingerprint density at radius 2 is 2.00 bits per heavy atom. The third-order valence-corrected chi connectivity index (χ3v) is 2.78. The highest BCUT2D eigenvalue weighted by Gasteiger charge is 2.09. The molecular weight excluding hydrogens is 240 g/mol. The van der Waals surface area contributed by atoms with Gasteiger partial charge in [-0.2, -0.15) is 0 Å². The van der Waals surface area contributed by atoms with Gasteiger partial charge in [-0.15, -0.1) is 4.73 Å². The van der Waals surface area contributed by atoms with E-state index in [0.717, 1.165) is 0 Å². The Hall–Kier alpha value is -1.95. The van der Waals surface area contributed by atoms with Gasteiger partial charge < -0.3 is 4.84 Å². The van der Waals surface area contributed by atoms with E-state index >= 15 is 0 Å². The number of benzene rings is 1. The van der Waals surface area contributed by atoms with Gasteiger partial charge in [0.05, 0.1) is 10.9 Å². The molecule has 2 aromatic rings. The number of rotatable bonds is 1. The van der Waals surface area contributed by atoms with Gasteiger partial charge in [0.1, 0.15) is 0 Å². The van der Waals surface area contributed by atoms with E-state index < -0.39 is 5.97 Å². The Morgan fingerprint density at radius 3 is 2.65 bits per heavy atom. The molecule has 0 unspecified atom stereocenters. The summed E-state index contributed by atoms with van der Waals surface area (Å²) >= 11 is 5.08. The molecule has 2 rings (SSSR count). The molecule has 0 spiro atoms. The van der Waals surface area contributed by atoms with E-state index in [1.165, 1.54) is 23.3 Å². The summed E-state index contributed by atoms with van der Waals surface area (Å²) in [5.74, 6) is -0.495. The summed E-state index contributed by atoms with van der Waals surface area (Å²) < 4.78 is 2.60. The van der Waals surface area contributed by atoms with Gasteiger partial charge in [-0.3, -0.25) is 9.36 Å². The minimum Gasteiger partial charge on any atom is -0.334 e. The van der Waals surface area contributed by atoms with Gasteiger partial charge in [-0.25, -0.2) is 4.79 Å². The zero-order chi connectivity index (χ0) is 12.6. The van der Waals surface area contributed by atoms with Crippen molar-refractivity contribution in [3.63, 3.8) is 0 Å². The fourth-order valence-corrected chi connectivity index (χ4v) is 1.77. The molecule has 1 heterocycles. The molecule has 1 aromatic carbocycles. The number of hydrogen-bond donors (Lipinski definition) is 0. The van der Waals surface area contributed by atoms with Crippen molar-refractivity contribution in [2.75, 3.05) is 0 Å². The second-order valence-corrected chi connectivity index (χ2v) is 3.91. The lowest BCUT2D eigenvalue weighted by Crippen LogP contribution is -2.27. The van der Waals surface area contributed by atoms with Gasteiger partial charge in [0.2, 0.25) is 4.77 Å². The maximum absolute atomic E-state index is 11.9. The molecule has 6 heteroatoms. The smallest absolute Gasteiger partial charge is 0.329 e. The summed E-state index contributed by atoms with van der Waals surface area (Å²) in [4.78, 5) is 28.0. The monoisotopic (exact) mass is 250 g/mol. The van der Waals surface area contributed by atoms with Gasteiger partial charge >= 0.3 is 5.97 Å². The molecule has 0 saturated carbocycles. The molecule has 0 bridgehead atoms. The number of fused-ring (bicyclic) bond motifs is 1. The van der Waals surface area contributed by atoms with Crippen molar-refractivity contribution in [3.05, 3.63) is 39.4 Å². The van der Waals surface area contributed by atoms with Crippen molar-refractivity contribution >= 4 is 29.1 Å². The molecule has 0 amide bonds. The van der Waals surface area contributed by atoms with E-state index in [2.05, 4.69) is 0 Å². The highest BCUT2D eigenvalue weighted by molar-refractivity contribution is 7.71. The number of carbonyl (C=O) groups excluding carboxylic acids is 1. The normalized spacial score (nSPS) is 10.5. The second kappa shape index (κ2) is 4.14. The molecule has 0 atom stereocenters. The number of para-hydroxylation sites is 1. The van der Waals surface area contributed by atoms with E-state index in [9.17, 15) is 9.59 Å². The van der Waals surface area contributed by atoms with Crippen molar-refractivity contribution in [2.24, 2.45) is 7.05 Å². The molecule has 5 nitrogen and oxygen atoms in total. The number of carbonyl (C=O) groups is 1. The number of aromatic nitrogens is 2. The van der Waals surface area contributed by atoms with Crippen LogP contribution in [-0.2, 0) is 11.8 Å². The van der Waals surface area contributed by atoms with E-state index in [4.69, 9.17) is 17.1 Å². The van der Waals surface area contributed by atoms with Crippen LogP contribution in [0.4, 0.5) is 0 Å². The lowest BCUT2D eigenvalue weighted by atomic mass is 10.2. The summed E-state index contributed by atoms with van der Waals surface area (Å²) in [6.07, 6.45) is 0. The van der Waals surface area contributed by atoms with Crippen LogP contribution in [0.3, 0.4) is 0 Å². The zero-order valence-electron chi connectivity index (χ0n) is 9.34. The fourth-order valence-electron chi connectivity index (χ4n) is 1.56. The molecule has 0 N–H and O–H groups in total. The minimum absolute atomic E-state index is 0.143. The van der Waals surface area contributed by atoms with E-state index in [1.54, 1.807) is 24.3 Å². The third kappa shape index (κ3) is 1.87. The van der Waals surface area contributed by atoms with Crippen LogP contribution in [-0.4, -0.2) is 15.3 Å². The molecule has 1 aromatic heterocycles. The summed E-state index contributed by atoms with van der Waals surface area (Å²) in [5.41, 5.74) is 0.268. The summed E-state index contributed by atoms with van der Waals surface area (Å²) in [6, 6.07) is 6.82. The lowest BCUT2D eigenvalue weighted by Gasteiger charge is -2.11. The van der Waals surface area contributed by atoms with Crippen LogP contribution in [0.25, 0.3) is 10.9 Å². The van der Waals surface area contributed by atoms with Gasteiger partial charge in [0.25, 0.3) is 5.56 Å². The second-order valence-electron chi connectivity index (χ2n) is 3.54. The fraction of sp³-hybridized carbons (Fsp3) is 0.182. The van der Waals surface area contributed by atoms with Crippen molar-refractivity contribution < 1.29 is 9.63 Å². The molecule has 0 aliphatic rings. The minimum atomic E-state index is -0.495. The maximum atomic E-state index is 11.9. The van der Waals surface area contributed by atoms with Crippen molar-refractivity contribution in [2.45, 2.75) is 6.92 Å². The van der Waals surface area contributed by atoms with Crippen molar-refractivity contribution in [1.82, 2.24) is 9.30 Å². The van der Waals surface area contributed by atoms with Crippen LogP contribution in [0, 0.1) is 4.77 Å². The highest BCUT2D eigenvalue weighted by Crippen LogP contribution is 2.09. The predicted molar refractivity (Wildman–Crippen MR) is 65.3 cm³/mol. The van der Waals surface area contributed by atoms with Crippen molar-refractivity contribution in [1.29, 1.82) is 0 Å². The molecule has 88 valence electrons. The van der Waals surface area contributed by atoms with E-state index in [1.807, 2.05) is 0 Å². The molecule has 0 radical (unpaired) electrons. The van der Waals surface area contributed by atoms with Crippen LogP contribution in [0.15, 0.2) is 29.1 Å². The quantitative estimate of drug-likeness (QED) is 0.710. The lowest BCUT2D eigenvalue weighted by molar-refractivity contribution is -0.141. The van der Waals surface area contributed by atoms with Crippen LogP contribution in [0.5, 0.6) is 0 Å².